The van der Waals surface area contributed by atoms with Gasteiger partial charge in [0, 0.05) is 6.07 Å². The van der Waals surface area contributed by atoms with Crippen molar-refractivity contribution in [3.05, 3.63) is 34.4 Å². The molecule has 0 fully saturated rings. The van der Waals surface area contributed by atoms with E-state index in [1.54, 1.807) is 0 Å². The first-order valence-corrected chi connectivity index (χ1v) is 4.30. The van der Waals surface area contributed by atoms with Gasteiger partial charge in [-0.3, -0.25) is 14.9 Å². The van der Waals surface area contributed by atoms with Crippen LogP contribution in [-0.2, 0) is 14.4 Å². The van der Waals surface area contributed by atoms with Gasteiger partial charge in [-0.25, -0.2) is 10.3 Å². The highest BCUT2D eigenvalue weighted by atomic mass is 35.5. The molecule has 0 aliphatic rings. The summed E-state index contributed by atoms with van der Waals surface area (Å²) >= 11 is 4.81. The SMILES string of the molecule is O=C(Cl)C(=O)ONc1ccccc1[N+](=O)[O-]. The van der Waals surface area contributed by atoms with Crippen LogP contribution < -0.4 is 5.48 Å². The van der Waals surface area contributed by atoms with Gasteiger partial charge in [-0.05, 0) is 17.7 Å². The molecule has 1 N–H and O–H groups in total. The number of hydrogen-bond donors (Lipinski definition) is 1. The molecule has 0 aliphatic carbocycles. The number of anilines is 1. The molecule has 1 rings (SSSR count). The number of nitro groups is 1. The van der Waals surface area contributed by atoms with Crippen molar-refractivity contribution < 1.29 is 19.3 Å². The normalized spacial score (nSPS) is 9.31. The zero-order valence-electron chi connectivity index (χ0n) is 7.68. The predicted octanol–water partition coefficient (Wildman–Crippen LogP) is 1.23. The molecule has 7 nitrogen and oxygen atoms in total. The number of para-hydroxylation sites is 2. The number of hydrogen-bond acceptors (Lipinski definition) is 6. The van der Waals surface area contributed by atoms with E-state index < -0.39 is 16.1 Å². The third-order valence-electron chi connectivity index (χ3n) is 1.51. The first-order valence-electron chi connectivity index (χ1n) is 3.92. The molecule has 16 heavy (non-hydrogen) atoms. The molecule has 0 spiro atoms. The first kappa shape index (κ1) is 11.9. The van der Waals surface area contributed by atoms with Crippen LogP contribution in [-0.4, -0.2) is 16.1 Å². The molecule has 1 aromatic rings. The van der Waals surface area contributed by atoms with Crippen LogP contribution in [0, 0.1) is 10.1 Å². The Morgan fingerprint density at radius 3 is 2.56 bits per heavy atom. The van der Waals surface area contributed by atoms with Crippen LogP contribution in [0.1, 0.15) is 0 Å². The van der Waals surface area contributed by atoms with Crippen molar-refractivity contribution in [3.8, 4) is 0 Å². The lowest BCUT2D eigenvalue weighted by atomic mass is 10.3. The van der Waals surface area contributed by atoms with Crippen LogP contribution in [0.4, 0.5) is 11.4 Å². The van der Waals surface area contributed by atoms with Gasteiger partial charge >= 0.3 is 11.2 Å². The smallest absolute Gasteiger partial charge is 0.334 e. The van der Waals surface area contributed by atoms with Crippen LogP contribution in [0.2, 0.25) is 0 Å². The van der Waals surface area contributed by atoms with E-state index in [1.807, 2.05) is 5.48 Å². The van der Waals surface area contributed by atoms with Crippen molar-refractivity contribution in [1.82, 2.24) is 0 Å². The van der Waals surface area contributed by atoms with E-state index in [0.29, 0.717) is 0 Å². The number of benzene rings is 1. The van der Waals surface area contributed by atoms with Gasteiger partial charge in [0.25, 0.3) is 5.69 Å². The molecule has 0 unspecified atom stereocenters. The Balaban J connectivity index is 2.78. The molecular weight excluding hydrogens is 240 g/mol. The van der Waals surface area contributed by atoms with Gasteiger partial charge in [-0.15, -0.1) is 0 Å². The number of rotatable bonds is 4. The predicted molar refractivity (Wildman–Crippen MR) is 53.7 cm³/mol. The van der Waals surface area contributed by atoms with Crippen LogP contribution >= 0.6 is 11.6 Å². The Morgan fingerprint density at radius 1 is 1.38 bits per heavy atom. The molecular formula is C8H5ClN2O5. The third kappa shape index (κ3) is 2.92. The second-order valence-corrected chi connectivity index (χ2v) is 2.88. The fourth-order valence-electron chi connectivity index (χ4n) is 0.861. The lowest BCUT2D eigenvalue weighted by Crippen LogP contribution is -2.16. The number of halogens is 1. The zero-order valence-corrected chi connectivity index (χ0v) is 8.43. The lowest BCUT2D eigenvalue weighted by molar-refractivity contribution is -0.384. The van der Waals surface area contributed by atoms with Gasteiger partial charge < -0.3 is 4.84 Å². The maximum absolute atomic E-state index is 10.7. The summed E-state index contributed by atoms with van der Waals surface area (Å²) in [6.07, 6.45) is 0. The standard InChI is InChI=1S/C8H5ClN2O5/c9-7(12)8(13)16-10-5-3-1-2-4-6(5)11(14)15/h1-4,10H. The third-order valence-corrected chi connectivity index (χ3v) is 1.67. The average molecular weight is 245 g/mol. The molecule has 0 saturated heterocycles. The van der Waals surface area contributed by atoms with E-state index in [2.05, 4.69) is 4.84 Å². The van der Waals surface area contributed by atoms with E-state index in [9.17, 15) is 19.7 Å². The van der Waals surface area contributed by atoms with Gasteiger partial charge in [-0.1, -0.05) is 12.1 Å². The molecule has 0 saturated carbocycles. The van der Waals surface area contributed by atoms with E-state index in [1.165, 1.54) is 24.3 Å². The molecule has 0 radical (unpaired) electrons. The van der Waals surface area contributed by atoms with Gasteiger partial charge in [0.15, 0.2) is 0 Å². The molecule has 0 aliphatic heterocycles. The van der Waals surface area contributed by atoms with Gasteiger partial charge in [-0.2, -0.15) is 0 Å². The number of nitrogens with zero attached hydrogens (tertiary/aromatic N) is 1. The van der Waals surface area contributed by atoms with E-state index >= 15 is 0 Å². The van der Waals surface area contributed by atoms with Crippen LogP contribution in [0.15, 0.2) is 24.3 Å². The zero-order chi connectivity index (χ0) is 12.1. The molecule has 0 aromatic heterocycles. The Kier molecular flexibility index (Phi) is 3.78. The summed E-state index contributed by atoms with van der Waals surface area (Å²) in [5, 5.41) is 9.20. The summed E-state index contributed by atoms with van der Waals surface area (Å²) in [5.41, 5.74) is 1.63. The second-order valence-electron chi connectivity index (χ2n) is 2.54. The Morgan fingerprint density at radius 2 is 2.00 bits per heavy atom. The largest absolute Gasteiger partial charge is 0.415 e. The van der Waals surface area contributed by atoms with Crippen LogP contribution in [0.25, 0.3) is 0 Å². The van der Waals surface area contributed by atoms with E-state index in [-0.39, 0.29) is 11.4 Å². The fraction of sp³-hybridized carbons (Fsp3) is 0. The summed E-state index contributed by atoms with van der Waals surface area (Å²) in [5.74, 6) is -1.35. The number of carbonyl (C=O) groups excluding carboxylic acids is 2. The van der Waals surface area contributed by atoms with Crippen molar-refractivity contribution in [2.75, 3.05) is 5.48 Å². The van der Waals surface area contributed by atoms with Gasteiger partial charge in [0.2, 0.25) is 0 Å². The summed E-state index contributed by atoms with van der Waals surface area (Å²) < 4.78 is 0. The minimum Gasteiger partial charge on any atom is -0.334 e. The number of carbonyl (C=O) groups is 2. The molecule has 0 heterocycles. The minimum atomic E-state index is -1.35. The van der Waals surface area contributed by atoms with E-state index in [4.69, 9.17) is 11.6 Å². The molecule has 0 amide bonds. The molecule has 1 aromatic carbocycles. The Bertz CT molecular complexity index is 448. The highest BCUT2D eigenvalue weighted by molar-refractivity contribution is 6.80. The summed E-state index contributed by atoms with van der Waals surface area (Å²) in [6.45, 7) is 0. The highest BCUT2D eigenvalue weighted by Crippen LogP contribution is 2.22. The maximum Gasteiger partial charge on any atom is 0.415 e. The molecule has 0 bridgehead atoms. The first-order chi connectivity index (χ1) is 7.52. The minimum absolute atomic E-state index is 0.0567. The summed E-state index contributed by atoms with van der Waals surface area (Å²) in [7, 11) is 0. The fourth-order valence-corrected chi connectivity index (χ4v) is 0.899. The quantitative estimate of drug-likeness (QED) is 0.370. The molecule has 0 atom stereocenters. The van der Waals surface area contributed by atoms with Crippen LogP contribution in [0.5, 0.6) is 0 Å². The average Bonchev–Trinajstić information content (AvgIpc) is 2.25. The Hall–Kier alpha value is -2.15. The number of nitrogens with one attached hydrogen (secondary N) is 1. The summed E-state index contributed by atoms with van der Waals surface area (Å²) in [6, 6.07) is 5.45. The van der Waals surface area contributed by atoms with Gasteiger partial charge in [0.1, 0.15) is 5.69 Å². The lowest BCUT2D eigenvalue weighted by Gasteiger charge is -2.04. The van der Waals surface area contributed by atoms with Crippen molar-refractivity contribution in [3.63, 3.8) is 0 Å². The Labute approximate surface area is 94.1 Å². The van der Waals surface area contributed by atoms with Crippen LogP contribution in [0.3, 0.4) is 0 Å². The molecule has 84 valence electrons. The van der Waals surface area contributed by atoms with Crippen molar-refractivity contribution in [2.24, 2.45) is 0 Å². The second kappa shape index (κ2) is 5.08. The van der Waals surface area contributed by atoms with Crippen molar-refractivity contribution >= 4 is 34.2 Å². The molecule has 8 heteroatoms. The number of nitro benzene ring substituents is 1. The van der Waals surface area contributed by atoms with E-state index in [0.717, 1.165) is 0 Å². The highest BCUT2D eigenvalue weighted by Gasteiger charge is 2.16. The van der Waals surface area contributed by atoms with Gasteiger partial charge in [0.05, 0.1) is 4.92 Å². The maximum atomic E-state index is 10.7. The van der Waals surface area contributed by atoms with Crippen molar-refractivity contribution in [1.29, 1.82) is 0 Å². The topological polar surface area (TPSA) is 98.5 Å². The van der Waals surface area contributed by atoms with Crippen molar-refractivity contribution in [2.45, 2.75) is 0 Å². The summed E-state index contributed by atoms with van der Waals surface area (Å²) in [4.78, 5) is 35.0. The monoisotopic (exact) mass is 244 g/mol.